The van der Waals surface area contributed by atoms with Crippen molar-refractivity contribution < 1.29 is 28.5 Å². The third-order valence-electron chi connectivity index (χ3n) is 6.33. The third kappa shape index (κ3) is 2.18. The van der Waals surface area contributed by atoms with Crippen LogP contribution in [-0.2, 0) is 26.2 Å². The minimum absolute atomic E-state index is 0.0548. The van der Waals surface area contributed by atoms with E-state index in [4.69, 9.17) is 23.7 Å². The van der Waals surface area contributed by atoms with Crippen LogP contribution in [0.25, 0.3) is 0 Å². The van der Waals surface area contributed by atoms with E-state index in [1.165, 1.54) is 6.92 Å². The summed E-state index contributed by atoms with van der Waals surface area (Å²) in [5.74, 6) is 1.79. The molecule has 1 aliphatic carbocycles. The molecule has 0 saturated carbocycles. The van der Waals surface area contributed by atoms with Gasteiger partial charge in [-0.15, -0.1) is 0 Å². The summed E-state index contributed by atoms with van der Waals surface area (Å²) in [6.45, 7) is 3.04. The molecule has 3 aliphatic heterocycles. The molecule has 7 heteroatoms. The van der Waals surface area contributed by atoms with E-state index < -0.39 is 5.41 Å². The molecule has 4 aliphatic rings. The minimum atomic E-state index is -0.442. The fourth-order valence-corrected chi connectivity index (χ4v) is 5.28. The van der Waals surface area contributed by atoms with Gasteiger partial charge in [-0.2, -0.15) is 0 Å². The molecule has 5 unspecified atom stereocenters. The monoisotopic (exact) mass is 373 g/mol. The number of ether oxygens (including phenoxy) is 5. The fraction of sp³-hybridized carbons (Fsp3) is 0.550. The molecule has 0 N–H and O–H groups in total. The van der Waals surface area contributed by atoms with E-state index in [9.17, 15) is 4.79 Å². The number of carbonyl (C=O) groups excluding carboxylic acids is 1. The zero-order chi connectivity index (χ0) is 18.8. The second-order valence-corrected chi connectivity index (χ2v) is 7.52. The molecular formula is C20H23NO6. The summed E-state index contributed by atoms with van der Waals surface area (Å²) in [5.41, 5.74) is 1.73. The Morgan fingerprint density at radius 2 is 2.19 bits per heavy atom. The van der Waals surface area contributed by atoms with Crippen LogP contribution in [0.15, 0.2) is 18.2 Å². The van der Waals surface area contributed by atoms with Gasteiger partial charge in [-0.05, 0) is 18.1 Å². The molecule has 0 radical (unpaired) electrons. The van der Waals surface area contributed by atoms with Crippen LogP contribution in [-0.4, -0.2) is 56.7 Å². The van der Waals surface area contributed by atoms with Gasteiger partial charge in [-0.25, -0.2) is 0 Å². The second kappa shape index (κ2) is 5.87. The lowest BCUT2D eigenvalue weighted by Gasteiger charge is -2.46. The van der Waals surface area contributed by atoms with Gasteiger partial charge in [0.05, 0.1) is 18.6 Å². The molecular weight excluding hydrogens is 350 g/mol. The smallest absolute Gasteiger partial charge is 0.302 e. The van der Waals surface area contributed by atoms with Crippen LogP contribution in [0, 0.1) is 0 Å². The van der Waals surface area contributed by atoms with Gasteiger partial charge in [-0.3, -0.25) is 9.69 Å². The van der Waals surface area contributed by atoms with Crippen molar-refractivity contribution in [2.24, 2.45) is 0 Å². The molecule has 1 aromatic carbocycles. The van der Waals surface area contributed by atoms with Crippen LogP contribution in [0.3, 0.4) is 0 Å². The highest BCUT2D eigenvalue weighted by atomic mass is 16.7. The van der Waals surface area contributed by atoms with Crippen LogP contribution in [0.2, 0.25) is 0 Å². The second-order valence-electron chi connectivity index (χ2n) is 7.52. The molecule has 0 amide bonds. The Morgan fingerprint density at radius 3 is 2.93 bits per heavy atom. The highest BCUT2D eigenvalue weighted by Crippen LogP contribution is 2.57. The first-order chi connectivity index (χ1) is 13.1. The van der Waals surface area contributed by atoms with Crippen LogP contribution >= 0.6 is 0 Å². The normalized spacial score (nSPS) is 34.8. The summed E-state index contributed by atoms with van der Waals surface area (Å²) in [7, 11) is 3.38. The summed E-state index contributed by atoms with van der Waals surface area (Å²) < 4.78 is 28.5. The van der Waals surface area contributed by atoms with Crippen molar-refractivity contribution in [1.82, 2.24) is 4.90 Å². The van der Waals surface area contributed by atoms with Gasteiger partial charge in [0.15, 0.2) is 11.5 Å². The van der Waals surface area contributed by atoms with Gasteiger partial charge in [0.2, 0.25) is 12.5 Å². The topological polar surface area (TPSA) is 66.5 Å². The third-order valence-corrected chi connectivity index (χ3v) is 6.33. The molecule has 1 saturated heterocycles. The highest BCUT2D eigenvalue weighted by molar-refractivity contribution is 5.68. The van der Waals surface area contributed by atoms with E-state index in [0.717, 1.165) is 17.5 Å². The molecule has 1 fully saturated rings. The maximum absolute atomic E-state index is 11.8. The SMILES string of the molecule is COc1c2c(cc3c1OCO3)C13C=CC(OC)CC1N(C2)CC3OC(C)=O. The van der Waals surface area contributed by atoms with Crippen LogP contribution < -0.4 is 14.2 Å². The van der Waals surface area contributed by atoms with Crippen LogP contribution in [0.5, 0.6) is 17.2 Å². The summed E-state index contributed by atoms with van der Waals surface area (Å²) in [6.07, 6.45) is 4.89. The van der Waals surface area contributed by atoms with Gasteiger partial charge < -0.3 is 23.7 Å². The van der Waals surface area contributed by atoms with Crippen molar-refractivity contribution in [3.63, 3.8) is 0 Å². The molecule has 7 nitrogen and oxygen atoms in total. The molecule has 3 heterocycles. The predicted octanol–water partition coefficient (Wildman–Crippen LogP) is 1.77. The summed E-state index contributed by atoms with van der Waals surface area (Å²) in [5, 5.41) is 0. The molecule has 0 spiro atoms. The van der Waals surface area contributed by atoms with E-state index in [-0.39, 0.29) is 31.0 Å². The highest BCUT2D eigenvalue weighted by Gasteiger charge is 2.61. The molecule has 144 valence electrons. The quantitative estimate of drug-likeness (QED) is 0.591. The number of carbonyl (C=O) groups is 1. The molecule has 5 rings (SSSR count). The first-order valence-corrected chi connectivity index (χ1v) is 9.21. The molecule has 2 bridgehead atoms. The standard InChI is InChI=1S/C20H23NO6/c1-11(22)27-17-9-21-8-13-14(7-15-19(18(13)24-3)26-10-25-15)20(17)5-4-12(23-2)6-16(20)21/h4-5,7,12,16-17H,6,8-10H2,1-3H3. The zero-order valence-corrected chi connectivity index (χ0v) is 15.7. The van der Waals surface area contributed by atoms with Crippen molar-refractivity contribution >= 4 is 5.97 Å². The van der Waals surface area contributed by atoms with Crippen molar-refractivity contribution in [2.75, 3.05) is 27.6 Å². The summed E-state index contributed by atoms with van der Waals surface area (Å²) in [6, 6.07) is 2.23. The number of hydrogen-bond donors (Lipinski definition) is 0. The minimum Gasteiger partial charge on any atom is -0.492 e. The Hall–Kier alpha value is -2.25. The van der Waals surface area contributed by atoms with E-state index >= 15 is 0 Å². The van der Waals surface area contributed by atoms with Crippen molar-refractivity contribution in [2.45, 2.75) is 43.6 Å². The first-order valence-electron chi connectivity index (χ1n) is 9.21. The van der Waals surface area contributed by atoms with Crippen LogP contribution in [0.4, 0.5) is 0 Å². The zero-order valence-electron chi connectivity index (χ0n) is 15.7. The van der Waals surface area contributed by atoms with Crippen molar-refractivity contribution in [3.8, 4) is 17.2 Å². The number of rotatable bonds is 3. The largest absolute Gasteiger partial charge is 0.492 e. The lowest BCUT2D eigenvalue weighted by atomic mass is 9.65. The number of fused-ring (bicyclic) bond motifs is 2. The Balaban J connectivity index is 1.74. The van der Waals surface area contributed by atoms with E-state index in [2.05, 4.69) is 17.1 Å². The van der Waals surface area contributed by atoms with E-state index in [1.54, 1.807) is 14.2 Å². The fourth-order valence-electron chi connectivity index (χ4n) is 5.28. The maximum atomic E-state index is 11.8. The average molecular weight is 373 g/mol. The molecule has 27 heavy (non-hydrogen) atoms. The first kappa shape index (κ1) is 16.9. The lowest BCUT2D eigenvalue weighted by Crippen LogP contribution is -2.53. The van der Waals surface area contributed by atoms with Gasteiger partial charge in [0.25, 0.3) is 0 Å². The Labute approximate surface area is 157 Å². The Kier molecular flexibility index (Phi) is 3.67. The van der Waals surface area contributed by atoms with E-state index in [0.29, 0.717) is 30.3 Å². The Morgan fingerprint density at radius 1 is 1.33 bits per heavy atom. The molecule has 5 atom stereocenters. The number of hydrogen-bond acceptors (Lipinski definition) is 7. The lowest BCUT2D eigenvalue weighted by molar-refractivity contribution is -0.147. The average Bonchev–Trinajstić information content (AvgIpc) is 3.21. The number of nitrogens with zero attached hydrogens (tertiary/aromatic N) is 1. The van der Waals surface area contributed by atoms with E-state index in [1.807, 2.05) is 6.07 Å². The van der Waals surface area contributed by atoms with Crippen molar-refractivity contribution in [3.05, 3.63) is 29.3 Å². The van der Waals surface area contributed by atoms with Gasteiger partial charge >= 0.3 is 5.97 Å². The number of benzene rings is 1. The van der Waals surface area contributed by atoms with Gasteiger partial charge in [0, 0.05) is 38.7 Å². The molecule has 0 aromatic heterocycles. The Bertz CT molecular complexity index is 836. The predicted molar refractivity (Wildman–Crippen MR) is 95.1 cm³/mol. The van der Waals surface area contributed by atoms with Gasteiger partial charge in [-0.1, -0.05) is 12.2 Å². The summed E-state index contributed by atoms with van der Waals surface area (Å²) in [4.78, 5) is 14.2. The van der Waals surface area contributed by atoms with Gasteiger partial charge in [0.1, 0.15) is 6.10 Å². The molecule has 1 aromatic rings. The summed E-state index contributed by atoms with van der Waals surface area (Å²) >= 11 is 0. The van der Waals surface area contributed by atoms with Crippen LogP contribution in [0.1, 0.15) is 24.5 Å². The van der Waals surface area contributed by atoms with Crippen molar-refractivity contribution in [1.29, 1.82) is 0 Å². The number of esters is 1. The maximum Gasteiger partial charge on any atom is 0.302 e. The number of methoxy groups -OCH3 is 2.